The van der Waals surface area contributed by atoms with Crippen molar-refractivity contribution in [3.8, 4) is 0 Å². The second-order valence-electron chi connectivity index (χ2n) is 8.18. The summed E-state index contributed by atoms with van der Waals surface area (Å²) in [6, 6.07) is 14.2. The molecule has 1 fully saturated rings. The molecule has 1 aliphatic rings. The van der Waals surface area contributed by atoms with Crippen LogP contribution in [0.1, 0.15) is 53.0 Å². The van der Waals surface area contributed by atoms with E-state index in [4.69, 9.17) is 11.6 Å². The van der Waals surface area contributed by atoms with Crippen LogP contribution >= 0.6 is 11.6 Å². The van der Waals surface area contributed by atoms with Gasteiger partial charge in [0.2, 0.25) is 5.91 Å². The first-order valence-electron chi connectivity index (χ1n) is 10.5. The number of benzene rings is 2. The highest BCUT2D eigenvalue weighted by Gasteiger charge is 2.38. The Hall–Kier alpha value is -3.13. The molecular formula is C24H21ClF3N3O2. The second kappa shape index (κ2) is 9.02. The van der Waals surface area contributed by atoms with Gasteiger partial charge in [-0.2, -0.15) is 18.3 Å². The molecule has 172 valence electrons. The highest BCUT2D eigenvalue weighted by Crippen LogP contribution is 2.42. The average molecular weight is 476 g/mol. The summed E-state index contributed by atoms with van der Waals surface area (Å²) in [4.78, 5) is 25.8. The Balaban J connectivity index is 1.54. The van der Waals surface area contributed by atoms with Crippen LogP contribution in [0.3, 0.4) is 0 Å². The largest absolute Gasteiger partial charge is 0.435 e. The number of alkyl halides is 3. The van der Waals surface area contributed by atoms with Crippen LogP contribution in [0.2, 0.25) is 5.02 Å². The molecule has 0 saturated heterocycles. The molecule has 33 heavy (non-hydrogen) atoms. The number of carbonyl (C=O) groups excluding carboxylic acids is 2. The van der Waals surface area contributed by atoms with Crippen LogP contribution < -0.4 is 5.32 Å². The molecular weight excluding hydrogens is 455 g/mol. The molecule has 1 unspecified atom stereocenters. The molecule has 1 heterocycles. The van der Waals surface area contributed by atoms with Gasteiger partial charge in [-0.05, 0) is 37.1 Å². The first kappa shape index (κ1) is 23.0. The summed E-state index contributed by atoms with van der Waals surface area (Å²) in [7, 11) is 0. The third-order valence-corrected chi connectivity index (χ3v) is 5.75. The Morgan fingerprint density at radius 2 is 1.85 bits per heavy atom. The molecule has 1 aliphatic carbocycles. The molecule has 1 saturated carbocycles. The molecule has 3 aromatic rings. The molecule has 1 atom stereocenters. The van der Waals surface area contributed by atoms with E-state index in [1.165, 1.54) is 16.8 Å². The normalized spacial score (nSPS) is 14.7. The topological polar surface area (TPSA) is 64.0 Å². The number of hydrogen-bond donors (Lipinski definition) is 1. The number of carbonyl (C=O) groups is 2. The summed E-state index contributed by atoms with van der Waals surface area (Å²) in [5.41, 5.74) is 0.489. The Morgan fingerprint density at radius 1 is 1.15 bits per heavy atom. The fourth-order valence-electron chi connectivity index (χ4n) is 3.58. The van der Waals surface area contributed by atoms with Crippen LogP contribution in [0, 0.1) is 5.92 Å². The number of hydrogen-bond acceptors (Lipinski definition) is 3. The molecule has 1 amide bonds. The van der Waals surface area contributed by atoms with Crippen molar-refractivity contribution < 1.29 is 22.8 Å². The third-order valence-electron chi connectivity index (χ3n) is 5.51. The summed E-state index contributed by atoms with van der Waals surface area (Å²) in [6.45, 7) is 1.60. The lowest BCUT2D eigenvalue weighted by atomic mass is 10.0. The average Bonchev–Trinajstić information content (AvgIpc) is 3.53. The highest BCUT2D eigenvalue weighted by atomic mass is 35.5. The second-order valence-corrected chi connectivity index (χ2v) is 8.62. The van der Waals surface area contributed by atoms with E-state index in [1.807, 2.05) is 0 Å². The summed E-state index contributed by atoms with van der Waals surface area (Å²) in [6.07, 6.45) is -2.94. The molecule has 9 heteroatoms. The molecule has 0 spiro atoms. The minimum atomic E-state index is -4.55. The molecule has 1 aromatic heterocycles. The fourth-order valence-corrected chi connectivity index (χ4v) is 3.75. The smallest absolute Gasteiger partial charge is 0.325 e. The Bertz CT molecular complexity index is 1190. The van der Waals surface area contributed by atoms with Crippen LogP contribution in [0.15, 0.2) is 54.6 Å². The number of rotatable bonds is 7. The zero-order valence-corrected chi connectivity index (χ0v) is 18.5. The van der Waals surface area contributed by atoms with Gasteiger partial charge in [-0.15, -0.1) is 0 Å². The van der Waals surface area contributed by atoms with Gasteiger partial charge in [0.15, 0.2) is 11.5 Å². The number of halogens is 4. The van der Waals surface area contributed by atoms with Gasteiger partial charge in [0, 0.05) is 27.8 Å². The third kappa shape index (κ3) is 5.27. The molecule has 5 nitrogen and oxygen atoms in total. The van der Waals surface area contributed by atoms with Crippen LogP contribution in [0.4, 0.5) is 18.9 Å². The lowest BCUT2D eigenvalue weighted by Gasteiger charge is -2.16. The predicted molar refractivity (Wildman–Crippen MR) is 118 cm³/mol. The van der Waals surface area contributed by atoms with Crippen molar-refractivity contribution in [3.63, 3.8) is 0 Å². The molecule has 0 radical (unpaired) electrons. The van der Waals surface area contributed by atoms with E-state index in [1.54, 1.807) is 43.3 Å². The Morgan fingerprint density at radius 3 is 2.48 bits per heavy atom. The lowest BCUT2D eigenvalue weighted by molar-refractivity contribution is -0.141. The maximum Gasteiger partial charge on any atom is 0.435 e. The van der Waals surface area contributed by atoms with Crippen molar-refractivity contribution in [1.82, 2.24) is 9.78 Å². The molecule has 2 aromatic carbocycles. The van der Waals surface area contributed by atoms with Gasteiger partial charge < -0.3 is 5.32 Å². The summed E-state index contributed by atoms with van der Waals surface area (Å²) in [5, 5.41) is 6.78. The van der Waals surface area contributed by atoms with E-state index in [9.17, 15) is 22.8 Å². The monoisotopic (exact) mass is 475 g/mol. The minimum Gasteiger partial charge on any atom is -0.325 e. The van der Waals surface area contributed by atoms with Crippen molar-refractivity contribution >= 4 is 29.0 Å². The van der Waals surface area contributed by atoms with Gasteiger partial charge in [0.1, 0.15) is 0 Å². The summed E-state index contributed by atoms with van der Waals surface area (Å²) >= 11 is 6.08. The molecule has 0 bridgehead atoms. The zero-order chi connectivity index (χ0) is 23.8. The van der Waals surface area contributed by atoms with Gasteiger partial charge in [-0.3, -0.25) is 14.3 Å². The van der Waals surface area contributed by atoms with E-state index < -0.39 is 23.7 Å². The fraction of sp³-hybridized carbons (Fsp3) is 0.292. The lowest BCUT2D eigenvalue weighted by Crippen LogP contribution is -2.26. The van der Waals surface area contributed by atoms with Crippen molar-refractivity contribution in [3.05, 3.63) is 82.1 Å². The van der Waals surface area contributed by atoms with E-state index in [0.29, 0.717) is 16.3 Å². The van der Waals surface area contributed by atoms with Crippen LogP contribution in [0.5, 0.6) is 0 Å². The first-order valence-corrected chi connectivity index (χ1v) is 10.9. The SMILES string of the molecule is CC(Cn1nc(C(F)(F)F)cc1C1CC1)C(=O)Nc1ccc(Cl)cc1C(=O)c1ccccc1. The highest BCUT2D eigenvalue weighted by molar-refractivity contribution is 6.31. The van der Waals surface area contributed by atoms with Crippen LogP contribution in [0.25, 0.3) is 0 Å². The van der Waals surface area contributed by atoms with Crippen LogP contribution in [-0.2, 0) is 17.5 Å². The van der Waals surface area contributed by atoms with Crippen LogP contribution in [-0.4, -0.2) is 21.5 Å². The van der Waals surface area contributed by atoms with Gasteiger partial charge in [-0.1, -0.05) is 48.9 Å². The molecule has 4 rings (SSSR count). The van der Waals surface area contributed by atoms with E-state index >= 15 is 0 Å². The standard InChI is InChI=1S/C24H21ClF3N3O2/c1-14(13-31-20(15-7-8-15)12-21(30-31)24(26,27)28)23(33)29-19-10-9-17(25)11-18(19)22(32)16-5-3-2-4-6-16/h2-6,9-12,14-15H,7-8,13H2,1H3,(H,29,33). The predicted octanol–water partition coefficient (Wildman–Crippen LogP) is 5.94. The summed E-state index contributed by atoms with van der Waals surface area (Å²) in [5.74, 6) is -1.40. The van der Waals surface area contributed by atoms with Gasteiger partial charge in [0.25, 0.3) is 0 Å². The Labute approximate surface area is 193 Å². The summed E-state index contributed by atoms with van der Waals surface area (Å²) < 4.78 is 40.7. The number of aromatic nitrogens is 2. The Kier molecular flexibility index (Phi) is 6.30. The van der Waals surface area contributed by atoms with Crippen molar-refractivity contribution in [1.29, 1.82) is 0 Å². The van der Waals surface area contributed by atoms with E-state index in [2.05, 4.69) is 10.4 Å². The number of nitrogens with zero attached hydrogens (tertiary/aromatic N) is 2. The first-order chi connectivity index (χ1) is 15.6. The number of anilines is 1. The number of ketones is 1. The van der Waals surface area contributed by atoms with Crippen molar-refractivity contribution in [2.24, 2.45) is 5.92 Å². The van der Waals surface area contributed by atoms with Crippen molar-refractivity contribution in [2.45, 2.75) is 38.4 Å². The van der Waals surface area contributed by atoms with Crippen molar-refractivity contribution in [2.75, 3.05) is 5.32 Å². The van der Waals surface area contributed by atoms with E-state index in [-0.39, 0.29) is 29.5 Å². The quantitative estimate of drug-likeness (QED) is 0.430. The zero-order valence-electron chi connectivity index (χ0n) is 17.7. The number of amides is 1. The van der Waals surface area contributed by atoms with E-state index in [0.717, 1.165) is 18.9 Å². The molecule has 1 N–H and O–H groups in total. The number of nitrogens with one attached hydrogen (secondary N) is 1. The minimum absolute atomic E-state index is 0.0106. The van der Waals surface area contributed by atoms with Gasteiger partial charge >= 0.3 is 6.18 Å². The maximum absolute atomic E-state index is 13.1. The molecule has 0 aliphatic heterocycles. The van der Waals surface area contributed by atoms with Gasteiger partial charge in [0.05, 0.1) is 18.2 Å². The van der Waals surface area contributed by atoms with Gasteiger partial charge in [-0.25, -0.2) is 0 Å². The maximum atomic E-state index is 13.1.